The van der Waals surface area contributed by atoms with E-state index in [1.54, 1.807) is 0 Å². The van der Waals surface area contributed by atoms with Gasteiger partial charge in [0.2, 0.25) is 6.79 Å². The highest BCUT2D eigenvalue weighted by Crippen LogP contribution is 2.36. The molecule has 0 radical (unpaired) electrons. The van der Waals surface area contributed by atoms with E-state index in [-0.39, 0.29) is 12.7 Å². The monoisotopic (exact) mass is 269 g/mol. The van der Waals surface area contributed by atoms with E-state index >= 15 is 0 Å². The maximum absolute atomic E-state index is 11.5. The predicted molar refractivity (Wildman–Crippen MR) is 72.0 cm³/mol. The second kappa shape index (κ2) is 4.90. The third-order valence-electron chi connectivity index (χ3n) is 3.31. The number of rotatable bonds is 4. The van der Waals surface area contributed by atoms with E-state index in [1.165, 1.54) is 0 Å². The lowest BCUT2D eigenvalue weighted by Gasteiger charge is -2.25. The van der Waals surface area contributed by atoms with Crippen LogP contribution < -0.4 is 14.6 Å². The lowest BCUT2D eigenvalue weighted by atomic mass is 9.91. The van der Waals surface area contributed by atoms with Crippen LogP contribution in [0.4, 0.5) is 0 Å². The first-order valence-electron chi connectivity index (χ1n) is 5.96. The van der Waals surface area contributed by atoms with Crippen LogP contribution in [0, 0.1) is 0 Å². The van der Waals surface area contributed by atoms with Gasteiger partial charge in [-0.25, -0.2) is 4.21 Å². The van der Waals surface area contributed by atoms with Crippen molar-refractivity contribution in [2.24, 2.45) is 5.14 Å². The van der Waals surface area contributed by atoms with Crippen LogP contribution >= 0.6 is 0 Å². The summed E-state index contributed by atoms with van der Waals surface area (Å²) < 4.78 is 21.7. The van der Waals surface area contributed by atoms with Crippen LogP contribution in [0.1, 0.15) is 38.7 Å². The maximum Gasteiger partial charge on any atom is 0.231 e. The van der Waals surface area contributed by atoms with Gasteiger partial charge >= 0.3 is 0 Å². The highest BCUT2D eigenvalue weighted by molar-refractivity contribution is 7.84. The summed E-state index contributed by atoms with van der Waals surface area (Å²) in [6.07, 6.45) is 0.760. The smallest absolute Gasteiger partial charge is 0.231 e. The third-order valence-corrected chi connectivity index (χ3v) is 4.56. The first kappa shape index (κ1) is 13.4. The van der Waals surface area contributed by atoms with Gasteiger partial charge < -0.3 is 9.47 Å². The predicted octanol–water partition coefficient (Wildman–Crippen LogP) is 2.31. The van der Waals surface area contributed by atoms with E-state index in [1.807, 2.05) is 32.0 Å². The zero-order valence-electron chi connectivity index (χ0n) is 10.9. The third kappa shape index (κ3) is 2.67. The van der Waals surface area contributed by atoms with E-state index in [0.717, 1.165) is 23.5 Å². The molecule has 0 aromatic heterocycles. The summed E-state index contributed by atoms with van der Waals surface area (Å²) in [5, 5.41) is 5.51. The maximum atomic E-state index is 11.5. The van der Waals surface area contributed by atoms with Crippen LogP contribution in [-0.4, -0.2) is 15.7 Å². The Labute approximate surface area is 110 Å². The summed E-state index contributed by atoms with van der Waals surface area (Å²) in [5.41, 5.74) is 1.15. The van der Waals surface area contributed by atoms with Crippen LogP contribution in [0.3, 0.4) is 0 Å². The Morgan fingerprint density at radius 1 is 1.39 bits per heavy atom. The molecule has 2 unspecified atom stereocenters. The molecule has 0 aliphatic carbocycles. The molecule has 0 saturated heterocycles. The van der Waals surface area contributed by atoms with Gasteiger partial charge in [-0.15, -0.1) is 0 Å². The summed E-state index contributed by atoms with van der Waals surface area (Å²) in [6.45, 7) is 6.23. The summed E-state index contributed by atoms with van der Waals surface area (Å²) in [7, 11) is -1.33. The normalized spacial score (nSPS) is 17.6. The van der Waals surface area contributed by atoms with Crippen LogP contribution in [0.5, 0.6) is 11.5 Å². The van der Waals surface area contributed by atoms with Gasteiger partial charge in [0, 0.05) is 0 Å². The molecule has 2 rings (SSSR count). The molecule has 0 fully saturated rings. The summed E-state index contributed by atoms with van der Waals surface area (Å²) in [6, 6.07) is 5.93. The number of hydrogen-bond acceptors (Lipinski definition) is 3. The zero-order valence-corrected chi connectivity index (χ0v) is 11.8. The van der Waals surface area contributed by atoms with Crippen LogP contribution in [0.2, 0.25) is 0 Å². The van der Waals surface area contributed by atoms with Gasteiger partial charge in [0.15, 0.2) is 11.5 Å². The van der Waals surface area contributed by atoms with Gasteiger partial charge in [-0.2, -0.15) is 0 Å². The first-order chi connectivity index (χ1) is 8.40. The Hall–Kier alpha value is -1.07. The largest absolute Gasteiger partial charge is 0.454 e. The number of hydrogen-bond donors (Lipinski definition) is 1. The van der Waals surface area contributed by atoms with Crippen molar-refractivity contribution in [2.45, 2.75) is 37.9 Å². The highest BCUT2D eigenvalue weighted by atomic mass is 32.2. The summed E-state index contributed by atoms with van der Waals surface area (Å²) in [5.74, 6) is 1.83. The molecule has 1 heterocycles. The SMILES string of the molecule is CC(CC(C)(C)S(N)=O)c1ccc2c(c1)OCO2. The Bertz CT molecular complexity index is 473. The molecular formula is C13H19NO3S. The quantitative estimate of drug-likeness (QED) is 0.912. The van der Waals surface area contributed by atoms with Crippen molar-refractivity contribution in [3.05, 3.63) is 23.8 Å². The van der Waals surface area contributed by atoms with Gasteiger partial charge in [-0.1, -0.05) is 13.0 Å². The van der Waals surface area contributed by atoms with Crippen molar-refractivity contribution in [2.75, 3.05) is 6.79 Å². The molecule has 1 aliphatic rings. The zero-order chi connectivity index (χ0) is 13.3. The number of ether oxygens (including phenoxy) is 2. The van der Waals surface area contributed by atoms with Gasteiger partial charge in [-0.3, -0.25) is 5.14 Å². The molecule has 0 spiro atoms. The second-order valence-electron chi connectivity index (χ2n) is 5.27. The Balaban J connectivity index is 2.14. The van der Waals surface area contributed by atoms with Crippen molar-refractivity contribution in [1.82, 2.24) is 0 Å². The van der Waals surface area contributed by atoms with Crippen molar-refractivity contribution in [3.8, 4) is 11.5 Å². The van der Waals surface area contributed by atoms with Crippen molar-refractivity contribution >= 4 is 11.0 Å². The molecule has 0 saturated carbocycles. The first-order valence-corrected chi connectivity index (χ1v) is 7.17. The van der Waals surface area contributed by atoms with E-state index in [0.29, 0.717) is 0 Å². The topological polar surface area (TPSA) is 61.6 Å². The molecule has 0 amide bonds. The van der Waals surface area contributed by atoms with Gasteiger partial charge in [0.05, 0.1) is 15.7 Å². The molecule has 4 nitrogen and oxygen atoms in total. The minimum absolute atomic E-state index is 0.266. The van der Waals surface area contributed by atoms with Crippen molar-refractivity contribution in [3.63, 3.8) is 0 Å². The highest BCUT2D eigenvalue weighted by Gasteiger charge is 2.27. The minimum atomic E-state index is -1.33. The molecule has 1 aromatic carbocycles. The van der Waals surface area contributed by atoms with Crippen molar-refractivity contribution < 1.29 is 13.7 Å². The molecule has 0 bridgehead atoms. The Morgan fingerprint density at radius 3 is 2.72 bits per heavy atom. The summed E-state index contributed by atoms with van der Waals surface area (Å²) in [4.78, 5) is 0. The number of nitrogens with two attached hydrogens (primary N) is 1. The molecule has 2 N–H and O–H groups in total. The fraction of sp³-hybridized carbons (Fsp3) is 0.538. The van der Waals surface area contributed by atoms with E-state index in [4.69, 9.17) is 14.6 Å². The molecule has 18 heavy (non-hydrogen) atoms. The average Bonchev–Trinajstić information content (AvgIpc) is 2.74. The van der Waals surface area contributed by atoms with Gasteiger partial charge in [0.1, 0.15) is 0 Å². The van der Waals surface area contributed by atoms with Crippen LogP contribution in [-0.2, 0) is 11.0 Å². The minimum Gasteiger partial charge on any atom is -0.454 e. The van der Waals surface area contributed by atoms with E-state index in [2.05, 4.69) is 6.92 Å². The Kier molecular flexibility index (Phi) is 3.64. The van der Waals surface area contributed by atoms with Crippen LogP contribution in [0.25, 0.3) is 0 Å². The van der Waals surface area contributed by atoms with Gasteiger partial charge in [0.25, 0.3) is 0 Å². The molecule has 2 atom stereocenters. The molecule has 100 valence electrons. The van der Waals surface area contributed by atoms with E-state index in [9.17, 15) is 4.21 Å². The molecule has 5 heteroatoms. The number of fused-ring (bicyclic) bond motifs is 1. The molecular weight excluding hydrogens is 250 g/mol. The lowest BCUT2D eigenvalue weighted by molar-refractivity contribution is 0.174. The van der Waals surface area contributed by atoms with Crippen molar-refractivity contribution in [1.29, 1.82) is 0 Å². The molecule has 1 aliphatic heterocycles. The Morgan fingerprint density at radius 2 is 2.06 bits per heavy atom. The number of benzene rings is 1. The van der Waals surface area contributed by atoms with Crippen LogP contribution in [0.15, 0.2) is 18.2 Å². The average molecular weight is 269 g/mol. The lowest BCUT2D eigenvalue weighted by Crippen LogP contribution is -2.33. The fourth-order valence-corrected chi connectivity index (χ4v) is 2.57. The molecule has 1 aromatic rings. The summed E-state index contributed by atoms with van der Waals surface area (Å²) >= 11 is 0. The van der Waals surface area contributed by atoms with Gasteiger partial charge in [-0.05, 0) is 43.9 Å². The fourth-order valence-electron chi connectivity index (χ4n) is 2.16. The standard InChI is InChI=1S/C13H19NO3S/c1-9(7-13(2,3)18(14)15)10-4-5-11-12(6-10)17-8-16-11/h4-6,9H,7-8,14H2,1-3H3. The van der Waals surface area contributed by atoms with E-state index < -0.39 is 15.7 Å². The second-order valence-corrected chi connectivity index (χ2v) is 6.97.